The number of carbonyl (C=O) groups is 1. The third-order valence-electron chi connectivity index (χ3n) is 3.63. The Balaban J connectivity index is 2.72. The molecule has 4 heteroatoms. The molecule has 0 spiro atoms. The van der Waals surface area contributed by atoms with Crippen molar-refractivity contribution in [1.82, 2.24) is 9.80 Å². The molecule has 0 fully saturated rings. The van der Waals surface area contributed by atoms with Gasteiger partial charge in [-0.1, -0.05) is 39.0 Å². The molecule has 1 amide bonds. The van der Waals surface area contributed by atoms with Crippen molar-refractivity contribution < 1.29 is 9.53 Å². The molecule has 1 unspecified atom stereocenters. The Hall–Kier alpha value is -1.55. The molecule has 118 valence electrons. The highest BCUT2D eigenvalue weighted by molar-refractivity contribution is 5.78. The molecule has 1 atom stereocenters. The van der Waals surface area contributed by atoms with E-state index in [0.717, 1.165) is 25.3 Å². The maximum Gasteiger partial charge on any atom is 0.239 e. The fourth-order valence-corrected chi connectivity index (χ4v) is 2.29. The lowest BCUT2D eigenvalue weighted by Crippen LogP contribution is -2.47. The molecule has 0 aliphatic carbocycles. The van der Waals surface area contributed by atoms with Crippen molar-refractivity contribution in [3.63, 3.8) is 0 Å². The predicted molar refractivity (Wildman–Crippen MR) is 86.3 cm³/mol. The lowest BCUT2D eigenvalue weighted by Gasteiger charge is -2.32. The van der Waals surface area contributed by atoms with E-state index in [1.165, 1.54) is 0 Å². The summed E-state index contributed by atoms with van der Waals surface area (Å²) < 4.78 is 5.97. The maximum absolute atomic E-state index is 12.5. The van der Waals surface area contributed by atoms with Gasteiger partial charge in [0.25, 0.3) is 0 Å². The van der Waals surface area contributed by atoms with Crippen molar-refractivity contribution >= 4 is 5.91 Å². The van der Waals surface area contributed by atoms with E-state index in [-0.39, 0.29) is 12.1 Å². The highest BCUT2D eigenvalue weighted by Gasteiger charge is 2.23. The van der Waals surface area contributed by atoms with Crippen molar-refractivity contribution in [2.75, 3.05) is 26.2 Å². The second-order valence-electron chi connectivity index (χ2n) is 4.93. The smallest absolute Gasteiger partial charge is 0.239 e. The number of amides is 1. The van der Waals surface area contributed by atoms with Crippen LogP contribution in [-0.2, 0) is 4.79 Å². The lowest BCUT2D eigenvalue weighted by atomic mass is 10.3. The molecular formula is C17H28N2O2. The quantitative estimate of drug-likeness (QED) is 0.656. The van der Waals surface area contributed by atoms with Gasteiger partial charge in [-0.05, 0) is 32.1 Å². The number of hydrogen-bond donors (Lipinski definition) is 0. The van der Waals surface area contributed by atoms with Gasteiger partial charge in [0.15, 0.2) is 6.23 Å². The zero-order valence-electron chi connectivity index (χ0n) is 13.7. The summed E-state index contributed by atoms with van der Waals surface area (Å²) in [5.41, 5.74) is 0. The second kappa shape index (κ2) is 9.40. The molecular weight excluding hydrogens is 264 g/mol. The molecule has 0 saturated carbocycles. The molecule has 0 heterocycles. The monoisotopic (exact) mass is 292 g/mol. The number of ether oxygens (including phenoxy) is 1. The van der Waals surface area contributed by atoms with Crippen molar-refractivity contribution in [3.8, 4) is 5.75 Å². The molecule has 21 heavy (non-hydrogen) atoms. The van der Waals surface area contributed by atoms with Crippen LogP contribution in [0.15, 0.2) is 30.3 Å². The van der Waals surface area contributed by atoms with E-state index in [0.29, 0.717) is 13.1 Å². The minimum atomic E-state index is -0.208. The van der Waals surface area contributed by atoms with E-state index in [9.17, 15) is 4.79 Å². The Morgan fingerprint density at radius 3 is 2.14 bits per heavy atom. The Kier molecular flexibility index (Phi) is 7.83. The van der Waals surface area contributed by atoms with E-state index >= 15 is 0 Å². The largest absolute Gasteiger partial charge is 0.470 e. The molecule has 4 nitrogen and oxygen atoms in total. The first-order valence-electron chi connectivity index (χ1n) is 7.89. The van der Waals surface area contributed by atoms with Crippen LogP contribution in [0, 0.1) is 0 Å². The standard InChI is InChI=1S/C17H28N2O2/c1-5-17(21-15-12-10-9-11-13-15)19(8-4)16(20)14-18(6-2)7-3/h9-13,17H,5-8,14H2,1-4H3. The Morgan fingerprint density at radius 1 is 1.05 bits per heavy atom. The van der Waals surface area contributed by atoms with Gasteiger partial charge in [-0.2, -0.15) is 0 Å². The summed E-state index contributed by atoms with van der Waals surface area (Å²) in [6.45, 7) is 11.1. The number of carbonyl (C=O) groups excluding carboxylic acids is 1. The molecule has 0 N–H and O–H groups in total. The molecule has 0 saturated heterocycles. The second-order valence-corrected chi connectivity index (χ2v) is 4.93. The average Bonchev–Trinajstić information content (AvgIpc) is 2.53. The molecule has 0 aromatic heterocycles. The van der Waals surface area contributed by atoms with E-state index < -0.39 is 0 Å². The van der Waals surface area contributed by atoms with Gasteiger partial charge >= 0.3 is 0 Å². The van der Waals surface area contributed by atoms with Gasteiger partial charge < -0.3 is 9.64 Å². The summed E-state index contributed by atoms with van der Waals surface area (Å²) in [7, 11) is 0. The Bertz CT molecular complexity index is 405. The summed E-state index contributed by atoms with van der Waals surface area (Å²) in [5, 5.41) is 0. The third-order valence-corrected chi connectivity index (χ3v) is 3.63. The number of benzene rings is 1. The van der Waals surface area contributed by atoms with Gasteiger partial charge in [0.1, 0.15) is 5.75 Å². The lowest BCUT2D eigenvalue weighted by molar-refractivity contribution is -0.140. The zero-order valence-corrected chi connectivity index (χ0v) is 13.7. The Morgan fingerprint density at radius 2 is 1.67 bits per heavy atom. The first-order valence-corrected chi connectivity index (χ1v) is 7.89. The van der Waals surface area contributed by atoms with E-state index in [2.05, 4.69) is 18.7 Å². The SMILES string of the molecule is CCC(Oc1ccccc1)N(CC)C(=O)CN(CC)CC. The summed E-state index contributed by atoms with van der Waals surface area (Å²) >= 11 is 0. The fraction of sp³-hybridized carbons (Fsp3) is 0.588. The van der Waals surface area contributed by atoms with Gasteiger partial charge in [0.05, 0.1) is 6.54 Å². The molecule has 1 aromatic rings. The number of nitrogens with zero attached hydrogens (tertiary/aromatic N) is 2. The number of rotatable bonds is 9. The highest BCUT2D eigenvalue weighted by atomic mass is 16.5. The van der Waals surface area contributed by atoms with E-state index in [1.54, 1.807) is 0 Å². The van der Waals surface area contributed by atoms with Gasteiger partial charge in [0.2, 0.25) is 5.91 Å². The van der Waals surface area contributed by atoms with Gasteiger partial charge in [-0.25, -0.2) is 0 Å². The summed E-state index contributed by atoms with van der Waals surface area (Å²) in [6, 6.07) is 9.68. The maximum atomic E-state index is 12.5. The first-order chi connectivity index (χ1) is 10.2. The minimum absolute atomic E-state index is 0.129. The summed E-state index contributed by atoms with van der Waals surface area (Å²) in [6.07, 6.45) is 0.563. The molecule has 0 aliphatic heterocycles. The van der Waals surface area contributed by atoms with Crippen molar-refractivity contribution in [2.24, 2.45) is 0 Å². The van der Waals surface area contributed by atoms with Crippen molar-refractivity contribution in [3.05, 3.63) is 30.3 Å². The van der Waals surface area contributed by atoms with Crippen LogP contribution >= 0.6 is 0 Å². The topological polar surface area (TPSA) is 32.8 Å². The van der Waals surface area contributed by atoms with Crippen LogP contribution in [0.1, 0.15) is 34.1 Å². The Labute approximate surface area is 128 Å². The van der Waals surface area contributed by atoms with Crippen LogP contribution in [0.3, 0.4) is 0 Å². The number of likely N-dealkylation sites (N-methyl/N-ethyl adjacent to an activating group) is 2. The molecule has 0 radical (unpaired) electrons. The van der Waals surface area contributed by atoms with Crippen LogP contribution < -0.4 is 4.74 Å². The normalized spacial score (nSPS) is 12.2. The molecule has 1 aromatic carbocycles. The van der Waals surface area contributed by atoms with Gasteiger partial charge in [0, 0.05) is 13.0 Å². The van der Waals surface area contributed by atoms with Crippen molar-refractivity contribution in [1.29, 1.82) is 0 Å². The molecule has 0 aliphatic rings. The third kappa shape index (κ3) is 5.38. The van der Waals surface area contributed by atoms with Crippen LogP contribution in [0.2, 0.25) is 0 Å². The van der Waals surface area contributed by atoms with Crippen molar-refractivity contribution in [2.45, 2.75) is 40.3 Å². The van der Waals surface area contributed by atoms with E-state index in [1.807, 2.05) is 49.1 Å². The number of para-hydroxylation sites is 1. The van der Waals surface area contributed by atoms with Gasteiger partial charge in [-0.15, -0.1) is 0 Å². The molecule has 1 rings (SSSR count). The van der Waals surface area contributed by atoms with Crippen LogP contribution in [0.5, 0.6) is 5.75 Å². The van der Waals surface area contributed by atoms with Crippen LogP contribution in [0.4, 0.5) is 0 Å². The average molecular weight is 292 g/mol. The summed E-state index contributed by atoms with van der Waals surface area (Å²) in [4.78, 5) is 16.4. The van der Waals surface area contributed by atoms with E-state index in [4.69, 9.17) is 4.74 Å². The van der Waals surface area contributed by atoms with Crippen LogP contribution in [0.25, 0.3) is 0 Å². The molecule has 0 bridgehead atoms. The zero-order chi connectivity index (χ0) is 15.7. The summed E-state index contributed by atoms with van der Waals surface area (Å²) in [5.74, 6) is 0.933. The minimum Gasteiger partial charge on any atom is -0.470 e. The predicted octanol–water partition coefficient (Wildman–Crippen LogP) is 2.99. The number of hydrogen-bond acceptors (Lipinski definition) is 3. The van der Waals surface area contributed by atoms with Gasteiger partial charge in [-0.3, -0.25) is 9.69 Å². The first kappa shape index (κ1) is 17.5. The van der Waals surface area contributed by atoms with Crippen LogP contribution in [-0.4, -0.2) is 48.1 Å². The fourth-order valence-electron chi connectivity index (χ4n) is 2.29. The highest BCUT2D eigenvalue weighted by Crippen LogP contribution is 2.15.